The Bertz CT molecular complexity index is 2180. The Morgan fingerprint density at radius 2 is 0.887 bits per heavy atom. The molecule has 53 heavy (non-hydrogen) atoms. The van der Waals surface area contributed by atoms with Gasteiger partial charge in [-0.25, -0.2) is 8.42 Å². The predicted octanol–water partition coefficient (Wildman–Crippen LogP) is 8.86. The number of halogens is 2. The van der Waals surface area contributed by atoms with Crippen LogP contribution >= 0.6 is 31.9 Å². The van der Waals surface area contributed by atoms with Crippen LogP contribution in [0.1, 0.15) is 24.0 Å². The highest BCUT2D eigenvalue weighted by atomic mass is 79.9. The Balaban J connectivity index is 0.859. The quantitative estimate of drug-likeness (QED) is 0.151. The van der Waals surface area contributed by atoms with Crippen molar-refractivity contribution in [3.05, 3.63) is 130 Å². The zero-order valence-electron chi connectivity index (χ0n) is 29.5. The molecule has 0 N–H and O–H groups in total. The molecular weight excluding hydrogens is 812 g/mol. The summed E-state index contributed by atoms with van der Waals surface area (Å²) in [6, 6.07) is 32.9. The normalized spacial score (nSPS) is 15.9. The Hall–Kier alpha value is -4.19. The van der Waals surface area contributed by atoms with Crippen LogP contribution in [0.3, 0.4) is 0 Å². The van der Waals surface area contributed by atoms with Crippen LogP contribution in [0, 0.1) is 0 Å². The molecule has 8 rings (SSSR count). The van der Waals surface area contributed by atoms with E-state index in [1.54, 1.807) is 0 Å². The molecule has 6 aromatic rings. The standard InChI is InChI=1S/C42H42Br2N6O2S/c43-33-7-13-39-37(27-33)41(15-17-45-39)49-21-1-19-47(23-25-49)35-9-3-31(4-10-35)29-53(51,52)30-32-5-11-36(12-6-32)48-20-2-22-50(26-24-48)42-16-18-46-40-14-8-34(44)28-38(40)42/h3-18,27-28H,1-2,19-26,29-30H2. The zero-order valence-corrected chi connectivity index (χ0v) is 33.5. The molecule has 272 valence electrons. The number of pyridine rings is 2. The van der Waals surface area contributed by atoms with Crippen LogP contribution in [0.2, 0.25) is 0 Å². The highest BCUT2D eigenvalue weighted by Gasteiger charge is 2.21. The van der Waals surface area contributed by atoms with Gasteiger partial charge in [0.05, 0.1) is 22.5 Å². The van der Waals surface area contributed by atoms with Crippen LogP contribution in [-0.4, -0.2) is 70.7 Å². The van der Waals surface area contributed by atoms with Gasteiger partial charge in [-0.2, -0.15) is 0 Å². The molecule has 2 aromatic heterocycles. The third-order valence-electron chi connectivity index (χ3n) is 10.4. The maximum absolute atomic E-state index is 13.4. The number of rotatable bonds is 8. The largest absolute Gasteiger partial charge is 0.370 e. The summed E-state index contributed by atoms with van der Waals surface area (Å²) in [6.07, 6.45) is 5.85. The van der Waals surface area contributed by atoms with Gasteiger partial charge >= 0.3 is 0 Å². The van der Waals surface area contributed by atoms with Crippen molar-refractivity contribution in [2.45, 2.75) is 24.3 Å². The lowest BCUT2D eigenvalue weighted by molar-refractivity contribution is 0.594. The summed E-state index contributed by atoms with van der Waals surface area (Å²) in [5, 5.41) is 2.32. The van der Waals surface area contributed by atoms with Crippen molar-refractivity contribution in [1.82, 2.24) is 9.97 Å². The van der Waals surface area contributed by atoms with Crippen molar-refractivity contribution in [3.8, 4) is 0 Å². The lowest BCUT2D eigenvalue weighted by atomic mass is 10.1. The summed E-state index contributed by atoms with van der Waals surface area (Å²) >= 11 is 7.24. The highest BCUT2D eigenvalue weighted by Crippen LogP contribution is 2.31. The van der Waals surface area contributed by atoms with Crippen molar-refractivity contribution < 1.29 is 8.42 Å². The fourth-order valence-electron chi connectivity index (χ4n) is 7.76. The average molecular weight is 855 g/mol. The summed E-state index contributed by atoms with van der Waals surface area (Å²) in [4.78, 5) is 18.8. The van der Waals surface area contributed by atoms with E-state index >= 15 is 0 Å². The van der Waals surface area contributed by atoms with Crippen LogP contribution in [0.5, 0.6) is 0 Å². The van der Waals surface area contributed by atoms with E-state index in [4.69, 9.17) is 0 Å². The maximum atomic E-state index is 13.4. The molecule has 2 aliphatic heterocycles. The van der Waals surface area contributed by atoms with E-state index < -0.39 is 9.84 Å². The van der Waals surface area contributed by atoms with Gasteiger partial charge in [0.2, 0.25) is 0 Å². The fourth-order valence-corrected chi connectivity index (χ4v) is 9.98. The molecule has 0 atom stereocenters. The Morgan fingerprint density at radius 1 is 0.491 bits per heavy atom. The first-order valence-electron chi connectivity index (χ1n) is 18.2. The number of hydrogen-bond donors (Lipinski definition) is 0. The van der Waals surface area contributed by atoms with E-state index in [-0.39, 0.29) is 11.5 Å². The van der Waals surface area contributed by atoms with Gasteiger partial charge in [0.15, 0.2) is 9.84 Å². The monoisotopic (exact) mass is 852 g/mol. The Labute approximate surface area is 328 Å². The van der Waals surface area contributed by atoms with Crippen molar-refractivity contribution >= 4 is 86.3 Å². The molecule has 0 bridgehead atoms. The van der Waals surface area contributed by atoms with Crippen LogP contribution in [0.25, 0.3) is 21.8 Å². The number of sulfone groups is 1. The summed E-state index contributed by atoms with van der Waals surface area (Å²) < 4.78 is 28.8. The molecule has 2 aliphatic rings. The minimum absolute atomic E-state index is 0.0235. The SMILES string of the molecule is O=S(=O)(Cc1ccc(N2CCCN(c3ccnc4ccc(Br)cc34)CC2)cc1)Cc1ccc(N2CCCN(c3ccnc4ccc(Br)cc34)CC2)cc1. The van der Waals surface area contributed by atoms with Crippen molar-refractivity contribution in [3.63, 3.8) is 0 Å². The summed E-state index contributed by atoms with van der Waals surface area (Å²) in [5.74, 6) is 0.0470. The second-order valence-electron chi connectivity index (χ2n) is 14.0. The molecule has 0 unspecified atom stereocenters. The topological polar surface area (TPSA) is 72.9 Å². The zero-order chi connectivity index (χ0) is 36.4. The van der Waals surface area contributed by atoms with E-state index in [1.807, 2.05) is 48.8 Å². The average Bonchev–Trinajstić information content (AvgIpc) is 3.57. The second-order valence-corrected chi connectivity index (χ2v) is 17.9. The first-order chi connectivity index (χ1) is 25.8. The molecule has 8 nitrogen and oxygen atoms in total. The molecule has 2 saturated heterocycles. The van der Waals surface area contributed by atoms with E-state index in [1.165, 1.54) is 11.4 Å². The Morgan fingerprint density at radius 3 is 1.32 bits per heavy atom. The second kappa shape index (κ2) is 15.7. The number of fused-ring (bicyclic) bond motifs is 2. The molecule has 0 aliphatic carbocycles. The lowest BCUT2D eigenvalue weighted by Crippen LogP contribution is -2.30. The van der Waals surface area contributed by atoms with Crippen LogP contribution in [-0.2, 0) is 21.3 Å². The number of aromatic nitrogens is 2. The van der Waals surface area contributed by atoms with Crippen molar-refractivity contribution in [2.24, 2.45) is 0 Å². The van der Waals surface area contributed by atoms with Crippen LogP contribution < -0.4 is 19.6 Å². The van der Waals surface area contributed by atoms with Gasteiger partial charge in [-0.3, -0.25) is 9.97 Å². The van der Waals surface area contributed by atoms with E-state index in [2.05, 4.69) is 122 Å². The number of anilines is 4. The molecule has 2 fully saturated rings. The smallest absolute Gasteiger partial charge is 0.158 e. The third kappa shape index (κ3) is 8.32. The van der Waals surface area contributed by atoms with Gasteiger partial charge < -0.3 is 19.6 Å². The van der Waals surface area contributed by atoms with Gasteiger partial charge in [-0.15, -0.1) is 0 Å². The molecule has 0 saturated carbocycles. The molecule has 4 aromatic carbocycles. The van der Waals surface area contributed by atoms with Gasteiger partial charge in [-0.1, -0.05) is 56.1 Å². The van der Waals surface area contributed by atoms with Crippen LogP contribution in [0.4, 0.5) is 22.7 Å². The number of benzene rings is 4. The third-order valence-corrected chi connectivity index (χ3v) is 12.9. The minimum atomic E-state index is -3.35. The predicted molar refractivity (Wildman–Crippen MR) is 226 cm³/mol. The lowest BCUT2D eigenvalue weighted by Gasteiger charge is -2.26. The molecule has 0 radical (unpaired) electrons. The fraction of sp³-hybridized carbons (Fsp3) is 0.286. The first kappa shape index (κ1) is 35.8. The molecule has 4 heterocycles. The highest BCUT2D eigenvalue weighted by molar-refractivity contribution is 9.10. The molecule has 11 heteroatoms. The van der Waals surface area contributed by atoms with E-state index in [9.17, 15) is 8.42 Å². The van der Waals surface area contributed by atoms with E-state index in [0.29, 0.717) is 0 Å². The molecular formula is C42H42Br2N6O2S. The first-order valence-corrected chi connectivity index (χ1v) is 21.7. The van der Waals surface area contributed by atoms with Gasteiger partial charge in [0, 0.05) is 107 Å². The van der Waals surface area contributed by atoms with Gasteiger partial charge in [0.25, 0.3) is 0 Å². The molecule has 0 spiro atoms. The van der Waals surface area contributed by atoms with E-state index in [0.717, 1.165) is 118 Å². The summed E-state index contributed by atoms with van der Waals surface area (Å²) in [6.45, 7) is 7.43. The number of nitrogens with zero attached hydrogens (tertiary/aromatic N) is 6. The van der Waals surface area contributed by atoms with Crippen molar-refractivity contribution in [1.29, 1.82) is 0 Å². The Kier molecular flexibility index (Phi) is 10.6. The van der Waals surface area contributed by atoms with Crippen LogP contribution in [0.15, 0.2) is 118 Å². The molecule has 0 amide bonds. The minimum Gasteiger partial charge on any atom is -0.370 e. The maximum Gasteiger partial charge on any atom is 0.158 e. The summed E-state index contributed by atoms with van der Waals surface area (Å²) in [7, 11) is -3.35. The number of hydrogen-bond acceptors (Lipinski definition) is 8. The van der Waals surface area contributed by atoms with Gasteiger partial charge in [0.1, 0.15) is 0 Å². The van der Waals surface area contributed by atoms with Crippen molar-refractivity contribution in [2.75, 3.05) is 72.0 Å². The summed E-state index contributed by atoms with van der Waals surface area (Å²) in [5.41, 5.74) is 8.32. The van der Waals surface area contributed by atoms with Gasteiger partial charge in [-0.05, 0) is 96.8 Å².